The van der Waals surface area contributed by atoms with Gasteiger partial charge in [-0.25, -0.2) is 4.98 Å². The van der Waals surface area contributed by atoms with E-state index < -0.39 is 7.14 Å². The number of piperazine rings is 1. The maximum Gasteiger partial charge on any atom is 0.229 e. The Labute approximate surface area is 280 Å². The molecule has 2 saturated heterocycles. The van der Waals surface area contributed by atoms with Crippen LogP contribution in [0.2, 0.25) is 5.02 Å². The molecule has 7 rings (SSSR count). The summed E-state index contributed by atoms with van der Waals surface area (Å²) in [5.74, 6) is 1.11. The van der Waals surface area contributed by atoms with Gasteiger partial charge < -0.3 is 24.4 Å². The monoisotopic (exact) mass is 673 g/mol. The maximum absolute atomic E-state index is 13.6. The Morgan fingerprint density at radius 3 is 2.45 bits per heavy atom. The van der Waals surface area contributed by atoms with Gasteiger partial charge in [0.2, 0.25) is 5.95 Å². The van der Waals surface area contributed by atoms with Gasteiger partial charge >= 0.3 is 0 Å². The third kappa shape index (κ3) is 6.18. The van der Waals surface area contributed by atoms with Crippen molar-refractivity contribution in [2.75, 3.05) is 77.0 Å². The Kier molecular flexibility index (Phi) is 8.59. The third-order valence-electron chi connectivity index (χ3n) is 9.51. The van der Waals surface area contributed by atoms with Crippen molar-refractivity contribution in [1.82, 2.24) is 34.3 Å². The number of likely N-dealkylation sites (N-methyl/N-ethyl adjacent to an activating group) is 1. The van der Waals surface area contributed by atoms with Crippen molar-refractivity contribution in [2.45, 2.75) is 25.8 Å². The standard InChI is InChI=1S/C34H41ClN9O2P/c1-22-18-27(30(46-3)19-29(22)43-12-8-23(9-13-43)42-16-14-41(2)15-17-42)39-34-38-20-24-25(35)21-44(33(24)40-34)28-7-6-26-31(37-11-10-36-26)32(28)47(4,5)45/h6-7,10-11,18-21,23H,8-9,12-17H2,1-5H3,(H,38,39,40). The molecule has 2 aromatic carbocycles. The highest BCUT2D eigenvalue weighted by molar-refractivity contribution is 7.70. The Balaban J connectivity index is 1.18. The number of piperidine rings is 1. The largest absolute Gasteiger partial charge is 0.494 e. The van der Waals surface area contributed by atoms with Gasteiger partial charge in [-0.2, -0.15) is 4.98 Å². The Morgan fingerprint density at radius 1 is 0.979 bits per heavy atom. The summed E-state index contributed by atoms with van der Waals surface area (Å²) in [5, 5.41) is 5.20. The van der Waals surface area contributed by atoms with Crippen molar-refractivity contribution in [1.29, 1.82) is 0 Å². The summed E-state index contributed by atoms with van der Waals surface area (Å²) in [6, 6.07) is 8.65. The topological polar surface area (TPSA) is 105 Å². The quantitative estimate of drug-likeness (QED) is 0.222. The van der Waals surface area contributed by atoms with Gasteiger partial charge in [0, 0.05) is 81.9 Å². The van der Waals surface area contributed by atoms with Gasteiger partial charge in [0.1, 0.15) is 18.4 Å². The van der Waals surface area contributed by atoms with E-state index in [0.717, 1.165) is 56.3 Å². The smallest absolute Gasteiger partial charge is 0.229 e. The van der Waals surface area contributed by atoms with Gasteiger partial charge in [-0.05, 0) is 63.9 Å². The van der Waals surface area contributed by atoms with E-state index in [9.17, 15) is 4.57 Å². The van der Waals surface area contributed by atoms with E-state index in [1.165, 1.54) is 18.5 Å². The highest BCUT2D eigenvalue weighted by atomic mass is 35.5. The van der Waals surface area contributed by atoms with E-state index in [-0.39, 0.29) is 0 Å². The lowest BCUT2D eigenvalue weighted by Crippen LogP contribution is -2.52. The first-order valence-electron chi connectivity index (χ1n) is 16.1. The van der Waals surface area contributed by atoms with E-state index >= 15 is 0 Å². The fourth-order valence-corrected chi connectivity index (χ4v) is 8.66. The van der Waals surface area contributed by atoms with E-state index in [4.69, 9.17) is 21.3 Å². The van der Waals surface area contributed by atoms with Crippen LogP contribution in [0.5, 0.6) is 5.75 Å². The average Bonchev–Trinajstić information content (AvgIpc) is 3.39. The minimum absolute atomic E-state index is 0.394. The van der Waals surface area contributed by atoms with Crippen LogP contribution in [-0.4, -0.2) is 107 Å². The number of hydrogen-bond acceptors (Lipinski definition) is 10. The molecule has 0 amide bonds. The van der Waals surface area contributed by atoms with Crippen LogP contribution >= 0.6 is 18.7 Å². The summed E-state index contributed by atoms with van der Waals surface area (Å²) in [4.78, 5) is 26.0. The summed E-state index contributed by atoms with van der Waals surface area (Å²) in [6.45, 7) is 12.3. The minimum Gasteiger partial charge on any atom is -0.494 e. The summed E-state index contributed by atoms with van der Waals surface area (Å²) >= 11 is 6.70. The number of nitrogens with one attached hydrogen (secondary N) is 1. The number of aryl methyl sites for hydroxylation is 1. The number of fused-ring (bicyclic) bond motifs is 2. The lowest BCUT2D eigenvalue weighted by molar-refractivity contribution is 0.0982. The second-order valence-electron chi connectivity index (χ2n) is 13.0. The van der Waals surface area contributed by atoms with Crippen LogP contribution in [0.4, 0.5) is 17.3 Å². The zero-order valence-corrected chi connectivity index (χ0v) is 29.2. The maximum atomic E-state index is 13.6. The number of methoxy groups -OCH3 is 1. The molecule has 3 aromatic heterocycles. The molecule has 0 aliphatic carbocycles. The van der Waals surface area contributed by atoms with Crippen LogP contribution in [0, 0.1) is 6.92 Å². The number of hydrogen-bond donors (Lipinski definition) is 1. The number of halogens is 1. The van der Waals surface area contributed by atoms with Gasteiger partial charge in [-0.3, -0.25) is 19.4 Å². The normalized spacial score (nSPS) is 17.1. The zero-order chi connectivity index (χ0) is 32.9. The molecule has 13 heteroatoms. The van der Waals surface area contributed by atoms with Gasteiger partial charge in [-0.15, -0.1) is 0 Å². The van der Waals surface area contributed by atoms with Crippen molar-refractivity contribution in [3.8, 4) is 11.4 Å². The van der Waals surface area contributed by atoms with Crippen LogP contribution in [0.3, 0.4) is 0 Å². The lowest BCUT2D eigenvalue weighted by atomic mass is 10.0. The van der Waals surface area contributed by atoms with Gasteiger partial charge in [0.05, 0.1) is 39.7 Å². The first-order valence-corrected chi connectivity index (χ1v) is 19.0. The van der Waals surface area contributed by atoms with E-state index in [0.29, 0.717) is 50.1 Å². The predicted molar refractivity (Wildman–Crippen MR) is 191 cm³/mol. The second-order valence-corrected chi connectivity index (χ2v) is 16.6. The molecule has 2 aliphatic heterocycles. The SMILES string of the molecule is COc1cc(N2CCC(N3CCN(C)CC3)CC2)c(C)cc1Nc1ncc2c(Cl)cn(-c3ccc4nccnc4c3P(C)(C)=O)c2n1. The van der Waals surface area contributed by atoms with E-state index in [1.807, 2.05) is 16.7 Å². The van der Waals surface area contributed by atoms with Crippen molar-refractivity contribution in [2.24, 2.45) is 0 Å². The van der Waals surface area contributed by atoms with Crippen molar-refractivity contribution in [3.63, 3.8) is 0 Å². The van der Waals surface area contributed by atoms with Crippen molar-refractivity contribution in [3.05, 3.63) is 59.6 Å². The van der Waals surface area contributed by atoms with Crippen LogP contribution in [0.1, 0.15) is 18.4 Å². The van der Waals surface area contributed by atoms with Crippen LogP contribution < -0.4 is 20.3 Å². The summed E-state index contributed by atoms with van der Waals surface area (Å²) < 4.78 is 21.4. The number of anilines is 3. The minimum atomic E-state index is -2.80. The average molecular weight is 674 g/mol. The molecular weight excluding hydrogens is 633 g/mol. The molecule has 0 unspecified atom stereocenters. The first-order chi connectivity index (χ1) is 22.6. The molecule has 1 N–H and O–H groups in total. The number of aromatic nitrogens is 5. The molecule has 0 atom stereocenters. The number of nitrogens with zero attached hydrogens (tertiary/aromatic N) is 8. The molecule has 0 spiro atoms. The van der Waals surface area contributed by atoms with Gasteiger partial charge in [0.25, 0.3) is 0 Å². The Morgan fingerprint density at radius 2 is 1.72 bits per heavy atom. The fraction of sp³-hybridized carbons (Fsp3) is 0.412. The number of benzene rings is 2. The predicted octanol–water partition coefficient (Wildman–Crippen LogP) is 5.54. The van der Waals surface area contributed by atoms with Crippen molar-refractivity contribution >= 4 is 63.4 Å². The molecule has 11 nitrogen and oxygen atoms in total. The molecule has 2 fully saturated rings. The molecule has 2 aliphatic rings. The van der Waals surface area contributed by atoms with Gasteiger partial charge in [-0.1, -0.05) is 11.6 Å². The highest BCUT2D eigenvalue weighted by Gasteiger charge is 2.28. The molecule has 0 radical (unpaired) electrons. The number of rotatable bonds is 7. The van der Waals surface area contributed by atoms with E-state index in [1.54, 1.807) is 45.2 Å². The van der Waals surface area contributed by atoms with Crippen molar-refractivity contribution < 1.29 is 9.30 Å². The molecule has 246 valence electrons. The first kappa shape index (κ1) is 31.8. The fourth-order valence-electron chi connectivity index (χ4n) is 7.01. The molecular formula is C34H41ClN9O2P. The lowest BCUT2D eigenvalue weighted by Gasteiger charge is -2.43. The zero-order valence-electron chi connectivity index (χ0n) is 27.6. The Bertz CT molecular complexity index is 2000. The molecule has 5 heterocycles. The summed E-state index contributed by atoms with van der Waals surface area (Å²) in [7, 11) is 1.10. The van der Waals surface area contributed by atoms with Crippen LogP contribution in [0.25, 0.3) is 27.8 Å². The summed E-state index contributed by atoms with van der Waals surface area (Å²) in [5.41, 5.74) is 5.69. The molecule has 0 bridgehead atoms. The molecule has 0 saturated carbocycles. The molecule has 5 aromatic rings. The number of ether oxygens (including phenoxy) is 1. The van der Waals surface area contributed by atoms with Crippen LogP contribution in [0.15, 0.2) is 49.1 Å². The summed E-state index contributed by atoms with van der Waals surface area (Å²) in [6.07, 6.45) is 9.08. The third-order valence-corrected chi connectivity index (χ3v) is 11.3. The Hall–Kier alpha value is -3.76. The highest BCUT2D eigenvalue weighted by Crippen LogP contribution is 2.41. The second kappa shape index (κ2) is 12.7. The van der Waals surface area contributed by atoms with Crippen LogP contribution in [-0.2, 0) is 4.57 Å². The molecule has 47 heavy (non-hydrogen) atoms. The van der Waals surface area contributed by atoms with E-state index in [2.05, 4.69) is 61.1 Å². The van der Waals surface area contributed by atoms with Gasteiger partial charge in [0.15, 0.2) is 5.65 Å².